The van der Waals surface area contributed by atoms with Gasteiger partial charge in [-0.2, -0.15) is 0 Å². The lowest BCUT2D eigenvalue weighted by Gasteiger charge is -2.50. The van der Waals surface area contributed by atoms with Crippen LogP contribution in [0, 0.1) is 5.92 Å². The minimum atomic E-state index is -0.689. The van der Waals surface area contributed by atoms with Crippen LogP contribution in [0.4, 0.5) is 0 Å². The second kappa shape index (κ2) is 9.32. The van der Waals surface area contributed by atoms with Gasteiger partial charge >= 0.3 is 0 Å². The summed E-state index contributed by atoms with van der Waals surface area (Å²) in [5.74, 6) is 2.30. The Morgan fingerprint density at radius 2 is 2.13 bits per heavy atom. The number of aliphatic hydroxyl groups is 1. The molecule has 0 bridgehead atoms. The van der Waals surface area contributed by atoms with Crippen LogP contribution in [0.3, 0.4) is 0 Å². The van der Waals surface area contributed by atoms with Crippen molar-refractivity contribution in [3.8, 4) is 11.5 Å². The summed E-state index contributed by atoms with van der Waals surface area (Å²) in [4.78, 5) is 14.0. The number of hydrogen-bond acceptors (Lipinski definition) is 5. The van der Waals surface area contributed by atoms with Crippen LogP contribution in [0.1, 0.15) is 49.5 Å². The molecule has 2 fully saturated rings. The number of ether oxygens (including phenoxy) is 2. The highest BCUT2D eigenvalue weighted by Gasteiger charge is 2.52. The van der Waals surface area contributed by atoms with Crippen molar-refractivity contribution in [1.29, 1.82) is 0 Å². The van der Waals surface area contributed by atoms with E-state index < -0.39 is 5.60 Å². The highest BCUT2D eigenvalue weighted by atomic mass is 16.5. The van der Waals surface area contributed by atoms with E-state index in [1.807, 2.05) is 30.3 Å². The summed E-state index contributed by atoms with van der Waals surface area (Å²) in [6, 6.07) is 9.42. The molecule has 0 radical (unpaired) electrons. The zero-order valence-electron chi connectivity index (χ0n) is 18.4. The predicted molar refractivity (Wildman–Crippen MR) is 115 cm³/mol. The number of quaternary nitrogens is 1. The predicted octanol–water partition coefficient (Wildman–Crippen LogP) is 1.86. The second-order valence-electron chi connectivity index (χ2n) is 8.73. The van der Waals surface area contributed by atoms with Crippen molar-refractivity contribution < 1.29 is 28.7 Å². The van der Waals surface area contributed by atoms with E-state index in [-0.39, 0.29) is 17.9 Å². The third-order valence-corrected chi connectivity index (χ3v) is 6.99. The van der Waals surface area contributed by atoms with E-state index >= 15 is 0 Å². The Morgan fingerprint density at radius 1 is 1.26 bits per heavy atom. The van der Waals surface area contributed by atoms with Crippen LogP contribution in [-0.2, 0) is 11.3 Å². The maximum atomic E-state index is 12.8. The second-order valence-corrected chi connectivity index (χ2v) is 8.73. The van der Waals surface area contributed by atoms with Gasteiger partial charge < -0.3 is 29.2 Å². The zero-order valence-corrected chi connectivity index (χ0v) is 18.4. The minimum Gasteiger partial charge on any atom is -0.497 e. The van der Waals surface area contributed by atoms with Crippen LogP contribution >= 0.6 is 0 Å². The topological polar surface area (TPSA) is 85.4 Å². The van der Waals surface area contributed by atoms with Crippen molar-refractivity contribution >= 4 is 5.91 Å². The van der Waals surface area contributed by atoms with Crippen LogP contribution < -0.4 is 19.7 Å². The third-order valence-electron chi connectivity index (χ3n) is 6.99. The van der Waals surface area contributed by atoms with Crippen LogP contribution in [-0.4, -0.2) is 43.9 Å². The molecule has 1 unspecified atom stereocenters. The van der Waals surface area contributed by atoms with Gasteiger partial charge in [0.15, 0.2) is 6.54 Å². The molecule has 1 saturated heterocycles. The number of amides is 1. The molecule has 1 aromatic heterocycles. The molecular weight excluding hydrogens is 396 g/mol. The Balaban J connectivity index is 1.61. The van der Waals surface area contributed by atoms with E-state index in [2.05, 4.69) is 5.32 Å². The molecule has 4 atom stereocenters. The molecule has 1 saturated carbocycles. The first-order valence-corrected chi connectivity index (χ1v) is 11.1. The first-order valence-electron chi connectivity index (χ1n) is 11.1. The molecule has 2 aromatic rings. The molecule has 2 aliphatic rings. The molecule has 1 aromatic carbocycles. The van der Waals surface area contributed by atoms with Crippen LogP contribution in [0.15, 0.2) is 41.0 Å². The summed E-state index contributed by atoms with van der Waals surface area (Å²) in [6.07, 6.45) is 6.22. The molecule has 7 nitrogen and oxygen atoms in total. The summed E-state index contributed by atoms with van der Waals surface area (Å²) in [5.41, 5.74) is 0.311. The van der Waals surface area contributed by atoms with Crippen molar-refractivity contribution in [1.82, 2.24) is 5.32 Å². The number of piperidine rings is 1. The number of methoxy groups -OCH3 is 2. The van der Waals surface area contributed by atoms with Crippen molar-refractivity contribution in [2.75, 3.05) is 27.3 Å². The van der Waals surface area contributed by atoms with E-state index in [1.165, 1.54) is 0 Å². The van der Waals surface area contributed by atoms with Crippen LogP contribution in [0.5, 0.6) is 11.5 Å². The fraction of sp³-hybridized carbons (Fsp3) is 0.542. The molecule has 2 heterocycles. The van der Waals surface area contributed by atoms with Gasteiger partial charge in [-0.15, -0.1) is 0 Å². The number of benzene rings is 1. The highest BCUT2D eigenvalue weighted by Crippen LogP contribution is 2.46. The quantitative estimate of drug-likeness (QED) is 0.626. The van der Waals surface area contributed by atoms with Gasteiger partial charge in [-0.1, -0.05) is 12.8 Å². The Kier molecular flexibility index (Phi) is 6.53. The minimum absolute atomic E-state index is 0.0282. The number of rotatable bonds is 7. The number of fused-ring (bicyclic) bond motifs is 1. The lowest BCUT2D eigenvalue weighted by molar-refractivity contribution is -0.937. The summed E-state index contributed by atoms with van der Waals surface area (Å²) < 4.78 is 16.5. The van der Waals surface area contributed by atoms with Gasteiger partial charge in [0, 0.05) is 12.3 Å². The highest BCUT2D eigenvalue weighted by molar-refractivity contribution is 5.76. The molecule has 7 heteroatoms. The summed E-state index contributed by atoms with van der Waals surface area (Å²) in [7, 11) is 3.31. The van der Waals surface area contributed by atoms with Gasteiger partial charge in [-0.25, -0.2) is 0 Å². The van der Waals surface area contributed by atoms with E-state index in [1.54, 1.807) is 20.5 Å². The maximum absolute atomic E-state index is 12.8. The van der Waals surface area contributed by atoms with Gasteiger partial charge in [0.2, 0.25) is 0 Å². The summed E-state index contributed by atoms with van der Waals surface area (Å²) in [5, 5.41) is 14.5. The lowest BCUT2D eigenvalue weighted by Crippen LogP contribution is -3.16. The van der Waals surface area contributed by atoms with Gasteiger partial charge in [-0.05, 0) is 43.2 Å². The number of carbonyl (C=O) groups is 1. The average molecular weight is 430 g/mol. The smallest absolute Gasteiger partial charge is 0.275 e. The number of carbonyl (C=O) groups excluding carboxylic acids is 1. The molecule has 4 rings (SSSR count). The molecule has 0 spiro atoms. The maximum Gasteiger partial charge on any atom is 0.275 e. The molecule has 1 aliphatic carbocycles. The fourth-order valence-electron chi connectivity index (χ4n) is 5.44. The van der Waals surface area contributed by atoms with E-state index in [9.17, 15) is 9.90 Å². The molecule has 1 aliphatic heterocycles. The molecule has 31 heavy (non-hydrogen) atoms. The fourth-order valence-corrected chi connectivity index (χ4v) is 5.44. The van der Waals surface area contributed by atoms with Crippen molar-refractivity contribution in [2.45, 2.75) is 50.3 Å². The van der Waals surface area contributed by atoms with E-state index in [0.29, 0.717) is 19.5 Å². The molecular formula is C24H33N2O5+. The molecule has 168 valence electrons. The lowest BCUT2D eigenvalue weighted by atomic mass is 9.66. The monoisotopic (exact) mass is 429 g/mol. The van der Waals surface area contributed by atoms with Crippen molar-refractivity contribution in [3.05, 3.63) is 47.9 Å². The van der Waals surface area contributed by atoms with E-state index in [0.717, 1.165) is 60.0 Å². The van der Waals surface area contributed by atoms with E-state index in [4.69, 9.17) is 13.9 Å². The van der Waals surface area contributed by atoms with Crippen molar-refractivity contribution in [2.24, 2.45) is 5.92 Å². The SMILES string of the molecule is COc1ccc(OC)c([C@@H]2[C@@H]3CCCC[C@@]3(O)CC[NH+]2CC(=O)NCc2ccco2)c1. The Morgan fingerprint density at radius 3 is 2.87 bits per heavy atom. The number of furan rings is 1. The Bertz CT molecular complexity index is 884. The third kappa shape index (κ3) is 4.57. The largest absolute Gasteiger partial charge is 0.497 e. The van der Waals surface area contributed by atoms with Gasteiger partial charge in [0.05, 0.1) is 44.7 Å². The zero-order chi connectivity index (χ0) is 21.8. The van der Waals surface area contributed by atoms with Crippen LogP contribution in [0.25, 0.3) is 0 Å². The average Bonchev–Trinajstić information content (AvgIpc) is 3.31. The number of nitrogens with one attached hydrogen (secondary N) is 2. The standard InChI is InChI=1S/C24H32N2O5/c1-29-17-8-9-21(30-2)19(14-17)23-20-7-3-4-10-24(20,28)11-12-26(23)16-22(27)25-15-18-6-5-13-31-18/h5-6,8-9,13-14,20,23,28H,3-4,7,10-12,15-16H2,1-2H3,(H,25,27)/p+1/t20-,23+,24+/m0/s1. The molecule has 3 N–H and O–H groups in total. The van der Waals surface area contributed by atoms with Gasteiger partial charge in [0.1, 0.15) is 23.3 Å². The number of hydrogen-bond donors (Lipinski definition) is 3. The molecule has 1 amide bonds. The first kappa shape index (κ1) is 21.7. The number of likely N-dealkylation sites (tertiary alicyclic amines) is 1. The first-order chi connectivity index (χ1) is 15.0. The van der Waals surface area contributed by atoms with Crippen molar-refractivity contribution in [3.63, 3.8) is 0 Å². The normalized spacial score (nSPS) is 27.9. The van der Waals surface area contributed by atoms with Crippen LogP contribution in [0.2, 0.25) is 0 Å². The van der Waals surface area contributed by atoms with Gasteiger partial charge in [-0.3, -0.25) is 4.79 Å². The summed E-state index contributed by atoms with van der Waals surface area (Å²) in [6.45, 7) is 1.43. The summed E-state index contributed by atoms with van der Waals surface area (Å²) >= 11 is 0. The Labute approximate surface area is 183 Å². The van der Waals surface area contributed by atoms with Gasteiger partial charge in [0.25, 0.3) is 5.91 Å². The Hall–Kier alpha value is -2.51.